The molecule has 1 atom stereocenters. The molecule has 2 aromatic rings. The summed E-state index contributed by atoms with van der Waals surface area (Å²) >= 11 is 3.41. The van der Waals surface area contributed by atoms with E-state index in [0.717, 1.165) is 15.9 Å². The molecule has 90 valence electrons. The Bertz CT molecular complexity index is 484. The summed E-state index contributed by atoms with van der Waals surface area (Å²) in [6.45, 7) is 2.14. The van der Waals surface area contributed by atoms with Crippen molar-refractivity contribution < 1.29 is 0 Å². The maximum absolute atomic E-state index is 3.98. The molecule has 5 heteroatoms. The Kier molecular flexibility index (Phi) is 3.59. The number of aromatic nitrogens is 3. The third-order valence-electron chi connectivity index (χ3n) is 2.90. The first-order valence-corrected chi connectivity index (χ1v) is 6.25. The fourth-order valence-corrected chi connectivity index (χ4v) is 2.29. The van der Waals surface area contributed by atoms with E-state index in [-0.39, 0.29) is 0 Å². The lowest BCUT2D eigenvalue weighted by atomic mass is 10.1. The molecule has 17 heavy (non-hydrogen) atoms. The lowest BCUT2D eigenvalue weighted by Gasteiger charge is -2.11. The first kappa shape index (κ1) is 12.3. The van der Waals surface area contributed by atoms with Crippen LogP contribution in [0.5, 0.6) is 0 Å². The van der Waals surface area contributed by atoms with Crippen molar-refractivity contribution in [2.45, 2.75) is 13.0 Å². The van der Waals surface area contributed by atoms with Gasteiger partial charge in [0.2, 0.25) is 0 Å². The minimum atomic E-state index is 0.358. The molecule has 0 aliphatic rings. The maximum atomic E-state index is 3.98. The number of halogens is 1. The number of benzene rings is 1. The van der Waals surface area contributed by atoms with Gasteiger partial charge in [0.05, 0.1) is 0 Å². The van der Waals surface area contributed by atoms with E-state index < -0.39 is 0 Å². The molecule has 0 saturated carbocycles. The maximum Gasteiger partial charge on any atom is 0.156 e. The van der Waals surface area contributed by atoms with Crippen LogP contribution < -0.4 is 5.32 Å². The lowest BCUT2D eigenvalue weighted by Crippen LogP contribution is -2.11. The molecule has 1 aromatic carbocycles. The van der Waals surface area contributed by atoms with Crippen LogP contribution in [0.1, 0.15) is 18.5 Å². The molecule has 1 heterocycles. The molecule has 0 radical (unpaired) electrons. The molecule has 0 saturated heterocycles. The second-order valence-electron chi connectivity index (χ2n) is 3.98. The van der Waals surface area contributed by atoms with E-state index in [9.17, 15) is 0 Å². The van der Waals surface area contributed by atoms with Gasteiger partial charge in [0.15, 0.2) is 4.60 Å². The summed E-state index contributed by atoms with van der Waals surface area (Å²) < 4.78 is 2.54. The minimum Gasteiger partial charge on any atom is -0.313 e. The van der Waals surface area contributed by atoms with Gasteiger partial charge in [-0.15, -0.1) is 5.10 Å². The van der Waals surface area contributed by atoms with Crippen LogP contribution in [0.25, 0.3) is 11.3 Å². The van der Waals surface area contributed by atoms with E-state index in [1.807, 2.05) is 14.1 Å². The number of hydrogen-bond acceptors (Lipinski definition) is 3. The van der Waals surface area contributed by atoms with Crippen LogP contribution in [0.4, 0.5) is 0 Å². The second kappa shape index (κ2) is 4.98. The zero-order valence-corrected chi connectivity index (χ0v) is 11.7. The van der Waals surface area contributed by atoms with E-state index in [2.05, 4.69) is 62.7 Å². The molecule has 0 fully saturated rings. The van der Waals surface area contributed by atoms with Crippen molar-refractivity contribution in [3.63, 3.8) is 0 Å². The summed E-state index contributed by atoms with van der Waals surface area (Å²) in [4.78, 5) is 0. The lowest BCUT2D eigenvalue weighted by molar-refractivity contribution is 0.652. The average Bonchev–Trinajstić information content (AvgIpc) is 2.68. The van der Waals surface area contributed by atoms with Crippen LogP contribution >= 0.6 is 15.9 Å². The van der Waals surface area contributed by atoms with Gasteiger partial charge in [-0.2, -0.15) is 0 Å². The highest BCUT2D eigenvalue weighted by molar-refractivity contribution is 9.10. The van der Waals surface area contributed by atoms with Gasteiger partial charge < -0.3 is 5.32 Å². The number of aryl methyl sites for hydroxylation is 1. The molecule has 1 aromatic heterocycles. The van der Waals surface area contributed by atoms with Crippen LogP contribution in [0.2, 0.25) is 0 Å². The highest BCUT2D eigenvalue weighted by atomic mass is 79.9. The van der Waals surface area contributed by atoms with Crippen molar-refractivity contribution in [2.24, 2.45) is 7.05 Å². The summed E-state index contributed by atoms with van der Waals surface area (Å²) in [7, 11) is 3.84. The zero-order chi connectivity index (χ0) is 12.4. The normalized spacial score (nSPS) is 12.7. The number of nitrogens with one attached hydrogen (secondary N) is 1. The van der Waals surface area contributed by atoms with Crippen LogP contribution in [-0.2, 0) is 7.05 Å². The van der Waals surface area contributed by atoms with E-state index in [1.54, 1.807) is 4.68 Å². The predicted molar refractivity (Wildman–Crippen MR) is 71.6 cm³/mol. The van der Waals surface area contributed by atoms with Gasteiger partial charge in [0.1, 0.15) is 5.69 Å². The fraction of sp³-hybridized carbons (Fsp3) is 0.333. The first-order chi connectivity index (χ1) is 8.13. The van der Waals surface area contributed by atoms with Crippen LogP contribution in [0, 0.1) is 0 Å². The van der Waals surface area contributed by atoms with E-state index >= 15 is 0 Å². The van der Waals surface area contributed by atoms with Gasteiger partial charge in [0.25, 0.3) is 0 Å². The quantitative estimate of drug-likeness (QED) is 0.946. The molecule has 0 aliphatic heterocycles. The Hall–Kier alpha value is -1.20. The molecule has 2 rings (SSSR count). The molecule has 4 nitrogen and oxygen atoms in total. The van der Waals surface area contributed by atoms with Crippen molar-refractivity contribution in [1.29, 1.82) is 0 Å². The third-order valence-corrected chi connectivity index (χ3v) is 3.44. The highest BCUT2D eigenvalue weighted by Gasteiger charge is 2.10. The fourth-order valence-electron chi connectivity index (χ4n) is 1.73. The molecular formula is C12H15BrN4. The van der Waals surface area contributed by atoms with Crippen LogP contribution in [0.3, 0.4) is 0 Å². The number of hydrogen-bond donors (Lipinski definition) is 1. The first-order valence-electron chi connectivity index (χ1n) is 5.46. The summed E-state index contributed by atoms with van der Waals surface area (Å²) in [5, 5.41) is 11.2. The van der Waals surface area contributed by atoms with Gasteiger partial charge in [-0.25, -0.2) is 4.68 Å². The molecule has 0 aliphatic carbocycles. The molecular weight excluding hydrogens is 280 g/mol. The minimum absolute atomic E-state index is 0.358. The summed E-state index contributed by atoms with van der Waals surface area (Å²) in [5.74, 6) is 0. The van der Waals surface area contributed by atoms with Crippen molar-refractivity contribution in [3.8, 4) is 11.3 Å². The monoisotopic (exact) mass is 294 g/mol. The Balaban J connectivity index is 2.36. The number of nitrogens with zero attached hydrogens (tertiary/aromatic N) is 3. The smallest absolute Gasteiger partial charge is 0.156 e. The Morgan fingerprint density at radius 3 is 2.41 bits per heavy atom. The Morgan fingerprint density at radius 2 is 1.94 bits per heavy atom. The zero-order valence-electron chi connectivity index (χ0n) is 10.1. The molecule has 0 spiro atoms. The predicted octanol–water partition coefficient (Wildman–Crippen LogP) is 2.53. The SMILES string of the molecule is CNC(C)c1ccc(-c2c(Br)nnn2C)cc1. The number of rotatable bonds is 3. The van der Waals surface area contributed by atoms with Crippen molar-refractivity contribution in [3.05, 3.63) is 34.4 Å². The van der Waals surface area contributed by atoms with Crippen molar-refractivity contribution in [2.75, 3.05) is 7.05 Å². The molecule has 1 N–H and O–H groups in total. The Labute approximate surface area is 109 Å². The Morgan fingerprint density at radius 1 is 1.29 bits per heavy atom. The van der Waals surface area contributed by atoms with Crippen molar-refractivity contribution in [1.82, 2.24) is 20.3 Å². The molecule has 0 bridgehead atoms. The molecule has 0 amide bonds. The second-order valence-corrected chi connectivity index (χ2v) is 4.74. The van der Waals surface area contributed by atoms with E-state index in [4.69, 9.17) is 0 Å². The topological polar surface area (TPSA) is 42.7 Å². The summed E-state index contributed by atoms with van der Waals surface area (Å²) in [5.41, 5.74) is 3.37. The van der Waals surface area contributed by atoms with Crippen LogP contribution in [-0.4, -0.2) is 22.0 Å². The van der Waals surface area contributed by atoms with Gasteiger partial charge >= 0.3 is 0 Å². The largest absolute Gasteiger partial charge is 0.313 e. The summed E-state index contributed by atoms with van der Waals surface area (Å²) in [6.07, 6.45) is 0. The van der Waals surface area contributed by atoms with E-state index in [1.165, 1.54) is 5.56 Å². The molecule has 1 unspecified atom stereocenters. The van der Waals surface area contributed by atoms with Gasteiger partial charge in [-0.1, -0.05) is 29.5 Å². The highest BCUT2D eigenvalue weighted by Crippen LogP contribution is 2.26. The van der Waals surface area contributed by atoms with Gasteiger partial charge in [0, 0.05) is 18.7 Å². The average molecular weight is 295 g/mol. The van der Waals surface area contributed by atoms with Gasteiger partial charge in [-0.3, -0.25) is 0 Å². The third kappa shape index (κ3) is 2.40. The standard InChI is InChI=1S/C12H15BrN4/c1-8(14-2)9-4-6-10(7-5-9)11-12(13)15-16-17(11)3/h4-8,14H,1-3H3. The van der Waals surface area contributed by atoms with Crippen LogP contribution in [0.15, 0.2) is 28.9 Å². The van der Waals surface area contributed by atoms with Crippen molar-refractivity contribution >= 4 is 15.9 Å². The van der Waals surface area contributed by atoms with E-state index in [0.29, 0.717) is 6.04 Å². The summed E-state index contributed by atoms with van der Waals surface area (Å²) in [6, 6.07) is 8.78. The van der Waals surface area contributed by atoms with Gasteiger partial charge in [-0.05, 0) is 35.5 Å².